The zero-order valence-electron chi connectivity index (χ0n) is 9.25. The van der Waals surface area contributed by atoms with Crippen LogP contribution in [0.5, 0.6) is 0 Å². The Labute approximate surface area is 109 Å². The molecule has 1 amide bonds. The summed E-state index contributed by atoms with van der Waals surface area (Å²) >= 11 is 5.08. The third kappa shape index (κ3) is 3.32. The first kappa shape index (κ1) is 12.1. The molecule has 1 saturated heterocycles. The van der Waals surface area contributed by atoms with Crippen LogP contribution in [0.3, 0.4) is 0 Å². The summed E-state index contributed by atoms with van der Waals surface area (Å²) < 4.78 is 1.10. The minimum atomic E-state index is 0.288. The molecule has 0 bridgehead atoms. The molecule has 0 unspecified atom stereocenters. The van der Waals surface area contributed by atoms with Gasteiger partial charge in [-0.2, -0.15) is 0 Å². The third-order valence-corrected chi connectivity index (χ3v) is 4.54. The fourth-order valence-corrected chi connectivity index (χ4v) is 3.50. The number of halogens is 1. The molecule has 1 aromatic rings. The topological polar surface area (TPSA) is 20.3 Å². The zero-order chi connectivity index (χ0) is 11.4. The van der Waals surface area contributed by atoms with E-state index in [0.29, 0.717) is 6.42 Å². The van der Waals surface area contributed by atoms with Crippen molar-refractivity contribution in [3.8, 4) is 0 Å². The molecule has 4 heteroatoms. The van der Waals surface area contributed by atoms with Crippen molar-refractivity contribution in [1.82, 2.24) is 4.90 Å². The van der Waals surface area contributed by atoms with Gasteiger partial charge in [0.25, 0.3) is 0 Å². The Morgan fingerprint density at radius 2 is 1.94 bits per heavy atom. The molecule has 0 spiro atoms. The number of carbonyl (C=O) groups excluding carboxylic acids is 1. The largest absolute Gasteiger partial charge is 0.342 e. The van der Waals surface area contributed by atoms with E-state index in [1.807, 2.05) is 17.0 Å². The van der Waals surface area contributed by atoms with Crippen molar-refractivity contribution in [2.45, 2.75) is 32.1 Å². The van der Waals surface area contributed by atoms with Gasteiger partial charge in [-0.15, -0.1) is 11.3 Å². The average molecular weight is 302 g/mol. The lowest BCUT2D eigenvalue weighted by molar-refractivity contribution is -0.130. The van der Waals surface area contributed by atoms with Gasteiger partial charge in [-0.3, -0.25) is 4.79 Å². The van der Waals surface area contributed by atoms with Crippen molar-refractivity contribution in [3.63, 3.8) is 0 Å². The van der Waals surface area contributed by atoms with E-state index >= 15 is 0 Å². The van der Waals surface area contributed by atoms with E-state index in [4.69, 9.17) is 0 Å². The van der Waals surface area contributed by atoms with Crippen LogP contribution in [0.2, 0.25) is 0 Å². The summed E-state index contributed by atoms with van der Waals surface area (Å²) in [6.07, 6.45) is 5.44. The maximum Gasteiger partial charge on any atom is 0.227 e. The number of nitrogens with zero attached hydrogens (tertiary/aromatic N) is 1. The number of amides is 1. The van der Waals surface area contributed by atoms with Gasteiger partial charge in [-0.05, 0) is 40.9 Å². The van der Waals surface area contributed by atoms with Crippen molar-refractivity contribution < 1.29 is 4.79 Å². The lowest BCUT2D eigenvalue weighted by Gasteiger charge is -2.19. The van der Waals surface area contributed by atoms with Crippen molar-refractivity contribution >= 4 is 33.2 Å². The van der Waals surface area contributed by atoms with E-state index in [-0.39, 0.29) is 5.91 Å². The molecule has 0 atom stereocenters. The highest BCUT2D eigenvalue weighted by Crippen LogP contribution is 2.23. The van der Waals surface area contributed by atoms with Gasteiger partial charge in [0.1, 0.15) is 0 Å². The molecule has 0 aromatic carbocycles. The number of carbonyl (C=O) groups is 1. The molecule has 16 heavy (non-hydrogen) atoms. The van der Waals surface area contributed by atoms with Crippen LogP contribution in [-0.4, -0.2) is 23.9 Å². The van der Waals surface area contributed by atoms with Crippen LogP contribution in [0.25, 0.3) is 0 Å². The second-order valence-corrected chi connectivity index (χ2v) is 6.73. The Morgan fingerprint density at radius 3 is 2.50 bits per heavy atom. The Hall–Kier alpha value is -0.350. The summed E-state index contributed by atoms with van der Waals surface area (Å²) in [5, 5.41) is 0. The first-order chi connectivity index (χ1) is 7.75. The molecular formula is C12H16BrNOS. The second-order valence-electron chi connectivity index (χ2n) is 4.18. The number of rotatable bonds is 2. The van der Waals surface area contributed by atoms with E-state index in [1.165, 1.54) is 25.7 Å². The van der Waals surface area contributed by atoms with E-state index in [0.717, 1.165) is 21.8 Å². The van der Waals surface area contributed by atoms with Gasteiger partial charge >= 0.3 is 0 Å². The van der Waals surface area contributed by atoms with Gasteiger partial charge in [-0.25, -0.2) is 0 Å². The van der Waals surface area contributed by atoms with Crippen molar-refractivity contribution in [2.75, 3.05) is 13.1 Å². The van der Waals surface area contributed by atoms with Crippen LogP contribution in [0.4, 0.5) is 0 Å². The lowest BCUT2D eigenvalue weighted by atomic mass is 10.2. The summed E-state index contributed by atoms with van der Waals surface area (Å²) in [5.41, 5.74) is 0. The maximum atomic E-state index is 12.0. The smallest absolute Gasteiger partial charge is 0.227 e. The Balaban J connectivity index is 1.91. The molecule has 2 heterocycles. The molecule has 0 saturated carbocycles. The molecule has 0 N–H and O–H groups in total. The Bertz CT molecular complexity index is 356. The van der Waals surface area contributed by atoms with Gasteiger partial charge in [0, 0.05) is 18.0 Å². The van der Waals surface area contributed by atoms with Crippen LogP contribution in [-0.2, 0) is 11.2 Å². The first-order valence-electron chi connectivity index (χ1n) is 5.78. The summed E-state index contributed by atoms with van der Waals surface area (Å²) in [5.74, 6) is 0.288. The van der Waals surface area contributed by atoms with Gasteiger partial charge in [-0.1, -0.05) is 12.8 Å². The minimum absolute atomic E-state index is 0.288. The molecule has 2 rings (SSSR count). The van der Waals surface area contributed by atoms with Crippen LogP contribution in [0, 0.1) is 0 Å². The van der Waals surface area contributed by atoms with E-state index in [2.05, 4.69) is 15.9 Å². The predicted octanol–water partition coefficient (Wildman–Crippen LogP) is 3.46. The zero-order valence-corrected chi connectivity index (χ0v) is 11.6. The van der Waals surface area contributed by atoms with Gasteiger partial charge in [0.15, 0.2) is 0 Å². The van der Waals surface area contributed by atoms with Crippen molar-refractivity contribution in [1.29, 1.82) is 0 Å². The summed E-state index contributed by atoms with van der Waals surface area (Å²) in [6, 6.07) is 4.04. The molecule has 1 aliphatic heterocycles. The normalized spacial score (nSPS) is 17.2. The molecule has 88 valence electrons. The van der Waals surface area contributed by atoms with Crippen molar-refractivity contribution in [2.24, 2.45) is 0 Å². The predicted molar refractivity (Wildman–Crippen MR) is 70.8 cm³/mol. The summed E-state index contributed by atoms with van der Waals surface area (Å²) in [7, 11) is 0. The highest BCUT2D eigenvalue weighted by atomic mass is 79.9. The maximum absolute atomic E-state index is 12.0. The van der Waals surface area contributed by atoms with Crippen LogP contribution >= 0.6 is 27.3 Å². The highest BCUT2D eigenvalue weighted by Gasteiger charge is 2.16. The average Bonchev–Trinajstić information content (AvgIpc) is 2.56. The van der Waals surface area contributed by atoms with E-state index in [1.54, 1.807) is 11.3 Å². The van der Waals surface area contributed by atoms with Crippen LogP contribution < -0.4 is 0 Å². The quantitative estimate of drug-likeness (QED) is 0.819. The summed E-state index contributed by atoms with van der Waals surface area (Å²) in [4.78, 5) is 15.2. The van der Waals surface area contributed by atoms with Gasteiger partial charge in [0.2, 0.25) is 5.91 Å². The number of hydrogen-bond acceptors (Lipinski definition) is 2. The van der Waals surface area contributed by atoms with E-state index in [9.17, 15) is 4.79 Å². The highest BCUT2D eigenvalue weighted by molar-refractivity contribution is 9.11. The van der Waals surface area contributed by atoms with Crippen LogP contribution in [0.1, 0.15) is 30.6 Å². The monoisotopic (exact) mass is 301 g/mol. The Kier molecular flexibility index (Phi) is 4.41. The molecule has 0 aliphatic carbocycles. The number of likely N-dealkylation sites (tertiary alicyclic amines) is 1. The molecule has 1 fully saturated rings. The second kappa shape index (κ2) is 5.82. The molecular weight excluding hydrogens is 286 g/mol. The van der Waals surface area contributed by atoms with Gasteiger partial charge in [0.05, 0.1) is 10.2 Å². The number of thiophene rings is 1. The number of hydrogen-bond donors (Lipinski definition) is 0. The standard InChI is InChI=1S/C12H16BrNOS/c13-11-6-5-10(16-11)9-12(15)14-7-3-1-2-4-8-14/h5-6H,1-4,7-9H2. The first-order valence-corrected chi connectivity index (χ1v) is 7.38. The van der Waals surface area contributed by atoms with E-state index < -0.39 is 0 Å². The molecule has 2 nitrogen and oxygen atoms in total. The third-order valence-electron chi connectivity index (χ3n) is 2.91. The fourth-order valence-electron chi connectivity index (χ4n) is 2.03. The molecule has 1 aromatic heterocycles. The SMILES string of the molecule is O=C(Cc1ccc(Br)s1)N1CCCCCC1. The van der Waals surface area contributed by atoms with Gasteiger partial charge < -0.3 is 4.90 Å². The molecule has 1 aliphatic rings. The minimum Gasteiger partial charge on any atom is -0.342 e. The fraction of sp³-hybridized carbons (Fsp3) is 0.583. The van der Waals surface area contributed by atoms with Crippen molar-refractivity contribution in [3.05, 3.63) is 20.8 Å². The van der Waals surface area contributed by atoms with Crippen LogP contribution in [0.15, 0.2) is 15.9 Å². The molecule has 0 radical (unpaired) electrons. The lowest BCUT2D eigenvalue weighted by Crippen LogP contribution is -2.32. The Morgan fingerprint density at radius 1 is 1.25 bits per heavy atom. The summed E-state index contributed by atoms with van der Waals surface area (Å²) in [6.45, 7) is 1.90.